The van der Waals surface area contributed by atoms with Crippen LogP contribution in [0, 0.1) is 6.92 Å². The molecule has 0 N–H and O–H groups in total. The van der Waals surface area contributed by atoms with E-state index in [1.54, 1.807) is 6.26 Å². The SMILES string of the molecule is Cc1occc1-c1nnc(SCc2nc(-c3ccc(C(F)(F)F)cc3)no2)n1C. The maximum atomic E-state index is 12.7. The van der Waals surface area contributed by atoms with Gasteiger partial charge in [0.25, 0.3) is 0 Å². The predicted octanol–water partition coefficient (Wildman–Crippen LogP) is 4.74. The van der Waals surface area contributed by atoms with Crippen LogP contribution in [-0.2, 0) is 19.0 Å². The molecule has 0 radical (unpaired) electrons. The third kappa shape index (κ3) is 3.90. The number of aryl methyl sites for hydroxylation is 1. The van der Waals surface area contributed by atoms with E-state index < -0.39 is 11.7 Å². The summed E-state index contributed by atoms with van der Waals surface area (Å²) in [5, 5.41) is 12.8. The molecule has 150 valence electrons. The highest BCUT2D eigenvalue weighted by molar-refractivity contribution is 7.98. The Kier molecular flexibility index (Phi) is 4.91. The third-order valence-corrected chi connectivity index (χ3v) is 5.20. The maximum absolute atomic E-state index is 12.7. The number of hydrogen-bond acceptors (Lipinski definition) is 7. The van der Waals surface area contributed by atoms with Gasteiger partial charge in [0, 0.05) is 12.6 Å². The number of alkyl halides is 3. The summed E-state index contributed by atoms with van der Waals surface area (Å²) >= 11 is 1.35. The minimum absolute atomic E-state index is 0.224. The molecule has 7 nitrogen and oxygen atoms in total. The molecule has 0 aliphatic rings. The predicted molar refractivity (Wildman–Crippen MR) is 97.7 cm³/mol. The van der Waals surface area contributed by atoms with Crippen LogP contribution >= 0.6 is 11.8 Å². The van der Waals surface area contributed by atoms with Crippen molar-refractivity contribution in [2.75, 3.05) is 0 Å². The van der Waals surface area contributed by atoms with Gasteiger partial charge in [0.2, 0.25) is 11.7 Å². The van der Waals surface area contributed by atoms with Crippen molar-refractivity contribution in [1.82, 2.24) is 24.9 Å². The number of nitrogens with zero attached hydrogens (tertiary/aromatic N) is 5. The summed E-state index contributed by atoms with van der Waals surface area (Å²) in [5.74, 6) is 2.31. The van der Waals surface area contributed by atoms with Crippen LogP contribution in [0.1, 0.15) is 17.2 Å². The minimum Gasteiger partial charge on any atom is -0.469 e. The van der Waals surface area contributed by atoms with Crippen LogP contribution in [0.15, 0.2) is 50.7 Å². The van der Waals surface area contributed by atoms with Crippen LogP contribution in [0.2, 0.25) is 0 Å². The van der Waals surface area contributed by atoms with Crippen molar-refractivity contribution >= 4 is 11.8 Å². The molecule has 0 unspecified atom stereocenters. The van der Waals surface area contributed by atoms with Gasteiger partial charge in [0.05, 0.1) is 23.1 Å². The Hall–Kier alpha value is -3.08. The van der Waals surface area contributed by atoms with Crippen LogP contribution in [0.3, 0.4) is 0 Å². The zero-order chi connectivity index (χ0) is 20.6. The molecule has 29 heavy (non-hydrogen) atoms. The summed E-state index contributed by atoms with van der Waals surface area (Å²) in [7, 11) is 1.84. The second kappa shape index (κ2) is 7.39. The monoisotopic (exact) mass is 421 g/mol. The lowest BCUT2D eigenvalue weighted by Gasteiger charge is -2.05. The van der Waals surface area contributed by atoms with E-state index in [1.807, 2.05) is 24.6 Å². The van der Waals surface area contributed by atoms with Crippen LogP contribution in [0.5, 0.6) is 0 Å². The lowest BCUT2D eigenvalue weighted by Crippen LogP contribution is -2.04. The topological polar surface area (TPSA) is 82.8 Å². The number of benzene rings is 1. The highest BCUT2D eigenvalue weighted by Crippen LogP contribution is 2.31. The number of furan rings is 1. The van der Waals surface area contributed by atoms with E-state index in [-0.39, 0.29) is 5.82 Å². The minimum atomic E-state index is -4.39. The molecule has 1 aromatic carbocycles. The number of halogens is 3. The second-order valence-corrected chi connectivity index (χ2v) is 7.07. The van der Waals surface area contributed by atoms with Crippen LogP contribution in [0.4, 0.5) is 13.2 Å². The second-order valence-electron chi connectivity index (χ2n) is 6.13. The Bertz CT molecular complexity index is 1130. The standard InChI is InChI=1S/C18H14F3N5O2S/c1-10-13(7-8-27-10)16-23-24-17(26(16)2)29-9-14-22-15(25-28-14)11-3-5-12(6-4-11)18(19,20)21/h3-8H,9H2,1-2H3. The van der Waals surface area contributed by atoms with Gasteiger partial charge in [-0.3, -0.25) is 0 Å². The fourth-order valence-corrected chi connectivity index (χ4v) is 3.41. The van der Waals surface area contributed by atoms with Crippen molar-refractivity contribution in [2.24, 2.45) is 7.05 Å². The molecule has 0 atom stereocenters. The van der Waals surface area contributed by atoms with Gasteiger partial charge in [-0.25, -0.2) is 0 Å². The van der Waals surface area contributed by atoms with Gasteiger partial charge in [-0.1, -0.05) is 29.1 Å². The Morgan fingerprint density at radius 3 is 2.52 bits per heavy atom. The first-order valence-corrected chi connectivity index (χ1v) is 9.38. The van der Waals surface area contributed by atoms with Crippen molar-refractivity contribution in [2.45, 2.75) is 24.0 Å². The molecular formula is C18H14F3N5O2S. The van der Waals surface area contributed by atoms with Crippen molar-refractivity contribution in [3.8, 4) is 22.8 Å². The summed E-state index contributed by atoms with van der Waals surface area (Å²) in [6, 6.07) is 6.42. The van der Waals surface area contributed by atoms with E-state index in [2.05, 4.69) is 20.3 Å². The number of hydrogen-bond donors (Lipinski definition) is 0. The Balaban J connectivity index is 1.45. The van der Waals surface area contributed by atoms with E-state index in [4.69, 9.17) is 8.94 Å². The molecule has 0 fully saturated rings. The molecule has 4 aromatic rings. The quantitative estimate of drug-likeness (QED) is 0.430. The van der Waals surface area contributed by atoms with Crippen molar-refractivity contribution in [3.63, 3.8) is 0 Å². The van der Waals surface area contributed by atoms with Gasteiger partial charge >= 0.3 is 6.18 Å². The molecule has 3 aromatic heterocycles. The first kappa shape index (κ1) is 19.2. The first-order valence-electron chi connectivity index (χ1n) is 8.40. The molecule has 0 spiro atoms. The summed E-state index contributed by atoms with van der Waals surface area (Å²) in [6.45, 7) is 1.85. The average Bonchev–Trinajstić information content (AvgIpc) is 3.40. The van der Waals surface area contributed by atoms with E-state index in [0.29, 0.717) is 28.2 Å². The van der Waals surface area contributed by atoms with Crippen LogP contribution in [-0.4, -0.2) is 24.9 Å². The van der Waals surface area contributed by atoms with E-state index in [9.17, 15) is 13.2 Å². The molecule has 0 aliphatic carbocycles. The van der Waals surface area contributed by atoms with Crippen molar-refractivity contribution < 1.29 is 22.1 Å². The molecule has 0 bridgehead atoms. The van der Waals surface area contributed by atoms with Crippen molar-refractivity contribution in [3.05, 3.63) is 53.8 Å². The largest absolute Gasteiger partial charge is 0.469 e. The van der Waals surface area contributed by atoms with Crippen molar-refractivity contribution in [1.29, 1.82) is 0 Å². The smallest absolute Gasteiger partial charge is 0.416 e. The van der Waals surface area contributed by atoms with Gasteiger partial charge < -0.3 is 13.5 Å². The maximum Gasteiger partial charge on any atom is 0.416 e. The van der Waals surface area contributed by atoms with Crippen LogP contribution in [0.25, 0.3) is 22.8 Å². The molecule has 0 amide bonds. The van der Waals surface area contributed by atoms with Crippen LogP contribution < -0.4 is 0 Å². The Morgan fingerprint density at radius 2 is 1.86 bits per heavy atom. The number of rotatable bonds is 5. The molecule has 3 heterocycles. The van der Waals surface area contributed by atoms with Gasteiger partial charge in [0.15, 0.2) is 11.0 Å². The molecule has 0 saturated heterocycles. The zero-order valence-corrected chi connectivity index (χ0v) is 16.1. The third-order valence-electron chi connectivity index (χ3n) is 4.20. The molecule has 0 saturated carbocycles. The normalized spacial score (nSPS) is 11.9. The number of aromatic nitrogens is 5. The van der Waals surface area contributed by atoms with Gasteiger partial charge in [-0.2, -0.15) is 18.2 Å². The van der Waals surface area contributed by atoms with Gasteiger partial charge in [-0.05, 0) is 25.1 Å². The summed E-state index contributed by atoms with van der Waals surface area (Å²) in [4.78, 5) is 4.24. The summed E-state index contributed by atoms with van der Waals surface area (Å²) in [5.41, 5.74) is 0.565. The average molecular weight is 421 g/mol. The number of thioether (sulfide) groups is 1. The Morgan fingerprint density at radius 1 is 1.10 bits per heavy atom. The molecule has 11 heteroatoms. The lowest BCUT2D eigenvalue weighted by molar-refractivity contribution is -0.137. The van der Waals surface area contributed by atoms with Gasteiger partial charge in [-0.15, -0.1) is 10.2 Å². The summed E-state index contributed by atoms with van der Waals surface area (Å²) < 4.78 is 50.3. The highest BCUT2D eigenvalue weighted by atomic mass is 32.2. The molecule has 0 aliphatic heterocycles. The fraction of sp³-hybridized carbons (Fsp3) is 0.222. The first-order chi connectivity index (χ1) is 13.8. The lowest BCUT2D eigenvalue weighted by atomic mass is 10.1. The zero-order valence-electron chi connectivity index (χ0n) is 15.3. The highest BCUT2D eigenvalue weighted by Gasteiger charge is 2.30. The van der Waals surface area contributed by atoms with E-state index in [1.165, 1.54) is 23.9 Å². The molecule has 4 rings (SSSR count). The molecular weight excluding hydrogens is 407 g/mol. The fourth-order valence-electron chi connectivity index (χ4n) is 2.66. The Labute approximate surface area is 166 Å². The summed E-state index contributed by atoms with van der Waals surface area (Å²) in [6.07, 6.45) is -2.80. The van der Waals surface area contributed by atoms with Gasteiger partial charge in [0.1, 0.15) is 5.76 Å². The van der Waals surface area contributed by atoms with E-state index >= 15 is 0 Å². The van der Waals surface area contributed by atoms with E-state index in [0.717, 1.165) is 23.5 Å².